The first-order valence-corrected chi connectivity index (χ1v) is 7.77. The Morgan fingerprint density at radius 1 is 1.32 bits per heavy atom. The average molecular weight is 292 g/mol. The van der Waals surface area contributed by atoms with Crippen molar-refractivity contribution in [2.45, 2.75) is 17.9 Å². The summed E-state index contributed by atoms with van der Waals surface area (Å²) in [6, 6.07) is 7.81. The van der Waals surface area contributed by atoms with E-state index in [1.807, 2.05) is 0 Å². The van der Waals surface area contributed by atoms with Crippen molar-refractivity contribution >= 4 is 23.1 Å². The zero-order chi connectivity index (χ0) is 13.1. The Morgan fingerprint density at radius 2 is 2.26 bits per heavy atom. The number of thioether (sulfide) groups is 1. The maximum absolute atomic E-state index is 5.56. The van der Waals surface area contributed by atoms with Crippen LogP contribution in [0, 0.1) is 0 Å². The van der Waals surface area contributed by atoms with Crippen LogP contribution in [-0.2, 0) is 5.75 Å². The Kier molecular flexibility index (Phi) is 3.70. The number of hydrogen-bond donors (Lipinski definition) is 0. The molecule has 0 bridgehead atoms. The minimum Gasteiger partial charge on any atom is -0.459 e. The van der Waals surface area contributed by atoms with Gasteiger partial charge in [-0.2, -0.15) is 0 Å². The third-order valence-corrected chi connectivity index (χ3v) is 4.97. The van der Waals surface area contributed by atoms with Crippen molar-refractivity contribution in [1.29, 1.82) is 0 Å². The molecule has 0 saturated carbocycles. The van der Waals surface area contributed by atoms with E-state index in [9.17, 15) is 0 Å². The minimum absolute atomic E-state index is 0.430. The molecule has 0 radical (unpaired) electrons. The van der Waals surface area contributed by atoms with Gasteiger partial charge < -0.3 is 8.83 Å². The van der Waals surface area contributed by atoms with Crippen LogP contribution in [0.5, 0.6) is 0 Å². The number of furan rings is 1. The predicted octanol–water partition coefficient (Wildman–Crippen LogP) is 4.39. The topological polar surface area (TPSA) is 52.1 Å². The van der Waals surface area contributed by atoms with Crippen molar-refractivity contribution in [1.82, 2.24) is 10.2 Å². The number of thiophene rings is 1. The summed E-state index contributed by atoms with van der Waals surface area (Å²) in [5.41, 5.74) is 0. The SMILES string of the molecule is CC(SCc1nnc(-c2ccco2)o1)c1cccs1. The monoisotopic (exact) mass is 292 g/mol. The van der Waals surface area contributed by atoms with E-state index in [2.05, 4.69) is 34.6 Å². The molecule has 3 aromatic heterocycles. The lowest BCUT2D eigenvalue weighted by molar-refractivity contribution is 0.494. The fourth-order valence-corrected chi connectivity index (χ4v) is 3.40. The van der Waals surface area contributed by atoms with Crippen LogP contribution < -0.4 is 0 Å². The fraction of sp³-hybridized carbons (Fsp3) is 0.231. The number of hydrogen-bond acceptors (Lipinski definition) is 6. The van der Waals surface area contributed by atoms with Gasteiger partial charge in [-0.05, 0) is 30.5 Å². The predicted molar refractivity (Wildman–Crippen MR) is 76.0 cm³/mol. The molecule has 0 aliphatic rings. The molecule has 0 amide bonds. The molecule has 0 N–H and O–H groups in total. The molecule has 0 saturated heterocycles. The highest BCUT2D eigenvalue weighted by atomic mass is 32.2. The van der Waals surface area contributed by atoms with E-state index in [0.29, 0.717) is 28.5 Å². The summed E-state index contributed by atoms with van der Waals surface area (Å²) < 4.78 is 10.8. The minimum atomic E-state index is 0.430. The highest BCUT2D eigenvalue weighted by Crippen LogP contribution is 2.33. The Bertz CT molecular complexity index is 617. The van der Waals surface area contributed by atoms with Crippen LogP contribution in [0.4, 0.5) is 0 Å². The summed E-state index contributed by atoms with van der Waals surface area (Å²) >= 11 is 3.55. The number of rotatable bonds is 5. The highest BCUT2D eigenvalue weighted by Gasteiger charge is 2.13. The molecule has 19 heavy (non-hydrogen) atoms. The molecule has 0 fully saturated rings. The van der Waals surface area contributed by atoms with E-state index in [4.69, 9.17) is 8.83 Å². The van der Waals surface area contributed by atoms with Crippen LogP contribution in [0.25, 0.3) is 11.7 Å². The second kappa shape index (κ2) is 5.63. The first-order valence-electron chi connectivity index (χ1n) is 5.84. The van der Waals surface area contributed by atoms with E-state index in [0.717, 1.165) is 0 Å². The van der Waals surface area contributed by atoms with Gasteiger partial charge in [0.1, 0.15) is 0 Å². The maximum Gasteiger partial charge on any atom is 0.283 e. The standard InChI is InChI=1S/C13H12N2O2S2/c1-9(11-5-3-7-18-11)19-8-12-14-15-13(17-12)10-4-2-6-16-10/h2-7,9H,8H2,1H3. The summed E-state index contributed by atoms with van der Waals surface area (Å²) in [7, 11) is 0. The molecule has 0 aliphatic heterocycles. The molecule has 98 valence electrons. The summed E-state index contributed by atoms with van der Waals surface area (Å²) in [6.45, 7) is 2.18. The van der Waals surface area contributed by atoms with E-state index in [1.165, 1.54) is 4.88 Å². The molecule has 6 heteroatoms. The zero-order valence-corrected chi connectivity index (χ0v) is 11.9. The second-order valence-corrected chi connectivity index (χ2v) is 6.26. The van der Waals surface area contributed by atoms with Gasteiger partial charge in [-0.3, -0.25) is 0 Å². The van der Waals surface area contributed by atoms with Crippen LogP contribution in [0.15, 0.2) is 44.7 Å². The maximum atomic E-state index is 5.56. The molecule has 3 heterocycles. The molecule has 0 spiro atoms. The third kappa shape index (κ3) is 2.90. The number of aromatic nitrogens is 2. The summed E-state index contributed by atoms with van der Waals surface area (Å²) in [5.74, 6) is 2.37. The smallest absolute Gasteiger partial charge is 0.283 e. The van der Waals surface area contributed by atoms with Crippen molar-refractivity contribution in [2.24, 2.45) is 0 Å². The van der Waals surface area contributed by atoms with Gasteiger partial charge in [-0.15, -0.1) is 33.3 Å². The van der Waals surface area contributed by atoms with Crippen LogP contribution in [0.3, 0.4) is 0 Å². The average Bonchev–Trinajstić information content (AvgIpc) is 3.14. The first kappa shape index (κ1) is 12.5. The quantitative estimate of drug-likeness (QED) is 0.698. The highest BCUT2D eigenvalue weighted by molar-refractivity contribution is 7.98. The molecule has 3 rings (SSSR count). The molecular weight excluding hydrogens is 280 g/mol. The van der Waals surface area contributed by atoms with Gasteiger partial charge in [-0.25, -0.2) is 0 Å². The van der Waals surface area contributed by atoms with E-state index in [-0.39, 0.29) is 0 Å². The van der Waals surface area contributed by atoms with Crippen LogP contribution >= 0.6 is 23.1 Å². The Hall–Kier alpha value is -1.53. The van der Waals surface area contributed by atoms with Crippen molar-refractivity contribution in [3.63, 3.8) is 0 Å². The van der Waals surface area contributed by atoms with Gasteiger partial charge in [0.15, 0.2) is 5.76 Å². The fourth-order valence-electron chi connectivity index (χ4n) is 1.61. The Labute approximate surface area is 118 Å². The molecule has 1 atom stereocenters. The summed E-state index contributed by atoms with van der Waals surface area (Å²) in [5, 5.41) is 10.5. The lowest BCUT2D eigenvalue weighted by atomic mass is 10.4. The van der Waals surface area contributed by atoms with Crippen molar-refractivity contribution in [3.8, 4) is 11.7 Å². The zero-order valence-electron chi connectivity index (χ0n) is 10.3. The molecule has 0 aromatic carbocycles. The van der Waals surface area contributed by atoms with Crippen LogP contribution in [0.1, 0.15) is 22.9 Å². The van der Waals surface area contributed by atoms with Gasteiger partial charge in [0.05, 0.1) is 12.0 Å². The Morgan fingerprint density at radius 3 is 3.00 bits per heavy atom. The normalized spacial score (nSPS) is 12.7. The van der Waals surface area contributed by atoms with Crippen molar-refractivity contribution < 1.29 is 8.83 Å². The first-order chi connectivity index (χ1) is 9.33. The molecule has 4 nitrogen and oxygen atoms in total. The van der Waals surface area contributed by atoms with E-state index in [1.54, 1.807) is 41.5 Å². The lowest BCUT2D eigenvalue weighted by Crippen LogP contribution is -1.86. The van der Waals surface area contributed by atoms with E-state index >= 15 is 0 Å². The largest absolute Gasteiger partial charge is 0.459 e. The Balaban J connectivity index is 1.62. The molecule has 0 aliphatic carbocycles. The van der Waals surface area contributed by atoms with Gasteiger partial charge in [0, 0.05) is 10.1 Å². The van der Waals surface area contributed by atoms with Crippen molar-refractivity contribution in [3.05, 3.63) is 46.7 Å². The third-order valence-electron chi connectivity index (χ3n) is 2.60. The van der Waals surface area contributed by atoms with E-state index < -0.39 is 0 Å². The van der Waals surface area contributed by atoms with Gasteiger partial charge in [0.25, 0.3) is 5.89 Å². The number of nitrogens with zero attached hydrogens (tertiary/aromatic N) is 2. The second-order valence-electron chi connectivity index (χ2n) is 3.95. The van der Waals surface area contributed by atoms with Crippen LogP contribution in [-0.4, -0.2) is 10.2 Å². The van der Waals surface area contributed by atoms with Gasteiger partial charge in [0.2, 0.25) is 5.89 Å². The summed E-state index contributed by atoms with van der Waals surface area (Å²) in [6.07, 6.45) is 1.59. The lowest BCUT2D eigenvalue weighted by Gasteiger charge is -2.06. The summed E-state index contributed by atoms with van der Waals surface area (Å²) in [4.78, 5) is 1.36. The van der Waals surface area contributed by atoms with Gasteiger partial charge in [-0.1, -0.05) is 6.07 Å². The van der Waals surface area contributed by atoms with Crippen molar-refractivity contribution in [2.75, 3.05) is 0 Å². The van der Waals surface area contributed by atoms with Crippen LogP contribution in [0.2, 0.25) is 0 Å². The molecular formula is C13H12N2O2S2. The molecule has 1 unspecified atom stereocenters. The van der Waals surface area contributed by atoms with Gasteiger partial charge >= 0.3 is 0 Å². The molecule has 3 aromatic rings.